The molecule has 0 aliphatic heterocycles. The van der Waals surface area contributed by atoms with Crippen molar-refractivity contribution in [3.8, 4) is 0 Å². The van der Waals surface area contributed by atoms with E-state index in [2.05, 4.69) is 25.9 Å². The molecule has 0 fully saturated rings. The number of nitrogens with zero attached hydrogens (tertiary/aromatic N) is 1. The van der Waals surface area contributed by atoms with Gasteiger partial charge in [0.1, 0.15) is 18.1 Å². The van der Waals surface area contributed by atoms with E-state index in [9.17, 15) is 34.2 Å². The summed E-state index contributed by atoms with van der Waals surface area (Å²) in [4.78, 5) is 67.1. The second kappa shape index (κ2) is 13.3. The van der Waals surface area contributed by atoms with Crippen molar-refractivity contribution in [3.63, 3.8) is 0 Å². The molecule has 0 saturated heterocycles. The number of aliphatic carboxylic acids is 1. The molecule has 0 aromatic carbocycles. The van der Waals surface area contributed by atoms with Crippen molar-refractivity contribution in [2.75, 3.05) is 0 Å². The van der Waals surface area contributed by atoms with Crippen molar-refractivity contribution in [2.45, 2.75) is 70.3 Å². The highest BCUT2D eigenvalue weighted by atomic mass is 16.4. The summed E-state index contributed by atoms with van der Waals surface area (Å²) < 4.78 is 0. The van der Waals surface area contributed by atoms with Crippen molar-refractivity contribution >= 4 is 29.6 Å². The number of rotatable bonds is 14. The van der Waals surface area contributed by atoms with E-state index in [0.29, 0.717) is 12.1 Å². The molecule has 1 aromatic heterocycles. The van der Waals surface area contributed by atoms with Gasteiger partial charge in [0, 0.05) is 18.3 Å². The topological polar surface area (TPSA) is 243 Å². The SMILES string of the molecule is CC(C)CC(N)C(=O)NC(C(=O)NC(Cc1cnc[nH]1)C(=O)NC(CC(N)=O)C(=O)O)C(C)O. The highest BCUT2D eigenvalue weighted by molar-refractivity contribution is 5.95. The molecule has 5 atom stereocenters. The van der Waals surface area contributed by atoms with Gasteiger partial charge in [0.2, 0.25) is 23.6 Å². The van der Waals surface area contributed by atoms with Crippen molar-refractivity contribution in [3.05, 3.63) is 18.2 Å². The zero-order chi connectivity index (χ0) is 26.0. The lowest BCUT2D eigenvalue weighted by atomic mass is 10.0. The second-order valence-corrected chi connectivity index (χ2v) is 8.37. The number of carboxylic acids is 1. The summed E-state index contributed by atoms with van der Waals surface area (Å²) in [5, 5.41) is 26.2. The maximum absolute atomic E-state index is 12.9. The number of nitrogens with two attached hydrogens (primary N) is 2. The average molecular weight is 484 g/mol. The van der Waals surface area contributed by atoms with Crippen LogP contribution in [-0.2, 0) is 30.4 Å². The molecule has 14 nitrogen and oxygen atoms in total. The van der Waals surface area contributed by atoms with Gasteiger partial charge in [-0.2, -0.15) is 0 Å². The largest absolute Gasteiger partial charge is 0.480 e. The smallest absolute Gasteiger partial charge is 0.326 e. The molecule has 0 aliphatic rings. The number of aromatic nitrogens is 2. The normalized spacial score (nSPS) is 15.5. The number of aliphatic hydroxyl groups is 1. The first-order valence-electron chi connectivity index (χ1n) is 10.6. The summed E-state index contributed by atoms with van der Waals surface area (Å²) >= 11 is 0. The maximum Gasteiger partial charge on any atom is 0.326 e. The van der Waals surface area contributed by atoms with Gasteiger partial charge in [0.15, 0.2) is 0 Å². The Labute approximate surface area is 196 Å². The molecule has 0 radical (unpaired) electrons. The summed E-state index contributed by atoms with van der Waals surface area (Å²) in [7, 11) is 0. The number of carbonyl (C=O) groups excluding carboxylic acids is 4. The standard InChI is InChI=1S/C20H33N7O7/c1-9(2)4-12(21)17(30)27-16(10(3)28)19(32)25-13(5-11-7-23-8-24-11)18(31)26-14(20(33)34)6-15(22)29/h7-10,12-14,16,28H,4-6,21H2,1-3H3,(H2,22,29)(H,23,24)(H,25,32)(H,26,31)(H,27,30)(H,33,34). The summed E-state index contributed by atoms with van der Waals surface area (Å²) in [6, 6.07) is -5.32. The summed E-state index contributed by atoms with van der Waals surface area (Å²) in [6.45, 7) is 5.01. The fraction of sp³-hybridized carbons (Fsp3) is 0.600. The summed E-state index contributed by atoms with van der Waals surface area (Å²) in [6.07, 6.45) is 0.950. The van der Waals surface area contributed by atoms with E-state index in [1.54, 1.807) is 0 Å². The molecule has 0 spiro atoms. The van der Waals surface area contributed by atoms with Crippen LogP contribution in [0.1, 0.15) is 39.3 Å². The molecule has 5 unspecified atom stereocenters. The molecule has 0 aliphatic carbocycles. The molecule has 1 rings (SSSR count). The number of aliphatic hydroxyl groups excluding tert-OH is 1. The molecule has 34 heavy (non-hydrogen) atoms. The zero-order valence-electron chi connectivity index (χ0n) is 19.3. The molecule has 1 heterocycles. The fourth-order valence-corrected chi connectivity index (χ4v) is 3.04. The number of primary amides is 1. The van der Waals surface area contributed by atoms with Crippen LogP contribution in [-0.4, -0.2) is 80.1 Å². The first-order chi connectivity index (χ1) is 15.8. The van der Waals surface area contributed by atoms with Gasteiger partial charge in [-0.3, -0.25) is 19.2 Å². The van der Waals surface area contributed by atoms with Gasteiger partial charge >= 0.3 is 5.97 Å². The van der Waals surface area contributed by atoms with Crippen LogP contribution in [0.5, 0.6) is 0 Å². The van der Waals surface area contributed by atoms with Gasteiger partial charge in [0.25, 0.3) is 0 Å². The van der Waals surface area contributed by atoms with Crippen molar-refractivity contribution in [1.29, 1.82) is 0 Å². The lowest BCUT2D eigenvalue weighted by Crippen LogP contribution is -2.60. The Balaban J connectivity index is 3.03. The van der Waals surface area contributed by atoms with E-state index in [1.165, 1.54) is 19.4 Å². The Morgan fingerprint density at radius 1 is 1.03 bits per heavy atom. The number of hydrogen-bond acceptors (Lipinski definition) is 8. The van der Waals surface area contributed by atoms with Gasteiger partial charge in [-0.15, -0.1) is 0 Å². The van der Waals surface area contributed by atoms with Crippen LogP contribution in [0, 0.1) is 5.92 Å². The predicted octanol–water partition coefficient (Wildman–Crippen LogP) is -2.88. The van der Waals surface area contributed by atoms with Crippen molar-refractivity contribution in [2.24, 2.45) is 17.4 Å². The van der Waals surface area contributed by atoms with E-state index in [-0.39, 0.29) is 12.3 Å². The number of H-pyrrole nitrogens is 1. The van der Waals surface area contributed by atoms with Crippen LogP contribution < -0.4 is 27.4 Å². The minimum absolute atomic E-state index is 0.115. The van der Waals surface area contributed by atoms with Crippen LogP contribution in [0.15, 0.2) is 12.5 Å². The Hall–Kier alpha value is -3.52. The maximum atomic E-state index is 12.9. The van der Waals surface area contributed by atoms with Crippen LogP contribution in [0.4, 0.5) is 0 Å². The molecule has 0 saturated carbocycles. The summed E-state index contributed by atoms with van der Waals surface area (Å²) in [5.74, 6) is -4.81. The van der Waals surface area contributed by atoms with E-state index in [0.717, 1.165) is 0 Å². The van der Waals surface area contributed by atoms with Crippen LogP contribution in [0.3, 0.4) is 0 Å². The molecule has 4 amide bonds. The highest BCUT2D eigenvalue weighted by Crippen LogP contribution is 2.06. The molecule has 0 bridgehead atoms. The third-order valence-electron chi connectivity index (χ3n) is 4.76. The lowest BCUT2D eigenvalue weighted by Gasteiger charge is -2.26. The van der Waals surface area contributed by atoms with Crippen LogP contribution in [0.25, 0.3) is 0 Å². The van der Waals surface area contributed by atoms with Crippen LogP contribution in [0.2, 0.25) is 0 Å². The minimum atomic E-state index is -1.62. The third kappa shape index (κ3) is 9.54. The minimum Gasteiger partial charge on any atom is -0.480 e. The number of nitrogens with one attached hydrogen (secondary N) is 4. The first kappa shape index (κ1) is 28.5. The van der Waals surface area contributed by atoms with Crippen molar-refractivity contribution < 1.29 is 34.2 Å². The predicted molar refractivity (Wildman–Crippen MR) is 119 cm³/mol. The molecule has 190 valence electrons. The first-order valence-corrected chi connectivity index (χ1v) is 10.6. The van der Waals surface area contributed by atoms with E-state index in [4.69, 9.17) is 11.5 Å². The van der Waals surface area contributed by atoms with E-state index < -0.39 is 66.3 Å². The van der Waals surface area contributed by atoms with E-state index in [1.807, 2.05) is 13.8 Å². The number of hydrogen-bond donors (Lipinski definition) is 8. The molecule has 14 heteroatoms. The van der Waals surface area contributed by atoms with Gasteiger partial charge in [-0.25, -0.2) is 9.78 Å². The highest BCUT2D eigenvalue weighted by Gasteiger charge is 2.33. The molecule has 1 aromatic rings. The molecular weight excluding hydrogens is 450 g/mol. The molecular formula is C20H33N7O7. The van der Waals surface area contributed by atoms with E-state index >= 15 is 0 Å². The Morgan fingerprint density at radius 3 is 2.12 bits per heavy atom. The lowest BCUT2D eigenvalue weighted by molar-refractivity contribution is -0.143. The monoisotopic (exact) mass is 483 g/mol. The number of carboxylic acid groups (broad SMARTS) is 1. The number of aromatic amines is 1. The Bertz CT molecular complexity index is 857. The zero-order valence-corrected chi connectivity index (χ0v) is 19.3. The molecule has 10 N–H and O–H groups in total. The number of amides is 4. The quantitative estimate of drug-likeness (QED) is 0.135. The number of carbonyl (C=O) groups is 5. The number of imidazole rings is 1. The fourth-order valence-electron chi connectivity index (χ4n) is 3.04. The van der Waals surface area contributed by atoms with Crippen LogP contribution >= 0.6 is 0 Å². The van der Waals surface area contributed by atoms with Gasteiger partial charge in [-0.1, -0.05) is 13.8 Å². The average Bonchev–Trinajstić information content (AvgIpc) is 3.22. The third-order valence-corrected chi connectivity index (χ3v) is 4.76. The van der Waals surface area contributed by atoms with Gasteiger partial charge < -0.3 is 42.6 Å². The van der Waals surface area contributed by atoms with Crippen molar-refractivity contribution in [1.82, 2.24) is 25.9 Å². The Kier molecular flexibility index (Phi) is 11.1. The summed E-state index contributed by atoms with van der Waals surface area (Å²) in [5.41, 5.74) is 11.3. The second-order valence-electron chi connectivity index (χ2n) is 8.37. The Morgan fingerprint density at radius 2 is 1.65 bits per heavy atom. The van der Waals surface area contributed by atoms with Gasteiger partial charge in [0.05, 0.1) is 24.9 Å². The van der Waals surface area contributed by atoms with Gasteiger partial charge in [-0.05, 0) is 19.3 Å².